The lowest BCUT2D eigenvalue weighted by molar-refractivity contribution is 0.429. The third-order valence-corrected chi connectivity index (χ3v) is 2.08. The Kier molecular flexibility index (Phi) is 3.40. The number of hydrogen-bond donors (Lipinski definition) is 0. The van der Waals surface area contributed by atoms with Crippen molar-refractivity contribution < 1.29 is 8.78 Å². The number of rotatable bonds is 1. The Labute approximate surface area is 85.5 Å². The van der Waals surface area contributed by atoms with Gasteiger partial charge < -0.3 is 0 Å². The Hall–Kier alpha value is -0.220. The molecule has 4 heteroatoms. The van der Waals surface area contributed by atoms with Gasteiger partial charge in [-0.15, -0.1) is 0 Å². The first-order valence-electron chi connectivity index (χ1n) is 3.07. The third-order valence-electron chi connectivity index (χ3n) is 1.16. The maximum atomic E-state index is 11.8. The number of halogens is 4. The van der Waals surface area contributed by atoms with Gasteiger partial charge in [0.05, 0.1) is 0 Å². The number of benzene rings is 1. The minimum atomic E-state index is -1.69. The molecular formula is C8H4Br2F2. The Morgan fingerprint density at radius 1 is 1.08 bits per heavy atom. The van der Waals surface area contributed by atoms with Crippen LogP contribution in [0, 0.1) is 0 Å². The SMILES string of the molecule is FC(F)=Cc1cc(Br)cc(Br)c1. The molecule has 0 aromatic heterocycles. The highest BCUT2D eigenvalue weighted by atomic mass is 79.9. The van der Waals surface area contributed by atoms with Crippen LogP contribution in [0.2, 0.25) is 0 Å². The van der Waals surface area contributed by atoms with E-state index in [9.17, 15) is 8.78 Å². The van der Waals surface area contributed by atoms with Gasteiger partial charge in [-0.2, -0.15) is 8.78 Å². The molecule has 0 aliphatic rings. The zero-order valence-electron chi connectivity index (χ0n) is 5.82. The van der Waals surface area contributed by atoms with Gasteiger partial charge in [-0.1, -0.05) is 31.9 Å². The van der Waals surface area contributed by atoms with Gasteiger partial charge in [0, 0.05) is 15.0 Å². The van der Waals surface area contributed by atoms with Crippen molar-refractivity contribution in [2.24, 2.45) is 0 Å². The molecule has 0 unspecified atom stereocenters. The molecule has 0 bridgehead atoms. The molecule has 0 nitrogen and oxygen atoms in total. The van der Waals surface area contributed by atoms with Gasteiger partial charge in [-0.3, -0.25) is 0 Å². The average molecular weight is 298 g/mol. The van der Waals surface area contributed by atoms with Crippen LogP contribution in [0.5, 0.6) is 0 Å². The Bertz CT molecular complexity index is 297. The molecule has 0 N–H and O–H groups in total. The van der Waals surface area contributed by atoms with Crippen molar-refractivity contribution in [3.63, 3.8) is 0 Å². The van der Waals surface area contributed by atoms with E-state index in [4.69, 9.17) is 0 Å². The minimum Gasteiger partial charge on any atom is -0.173 e. The lowest BCUT2D eigenvalue weighted by atomic mass is 10.2. The molecule has 12 heavy (non-hydrogen) atoms. The van der Waals surface area contributed by atoms with E-state index in [1.165, 1.54) is 0 Å². The summed E-state index contributed by atoms with van der Waals surface area (Å²) in [5.74, 6) is 0. The minimum absolute atomic E-state index is 0.469. The van der Waals surface area contributed by atoms with E-state index in [1.807, 2.05) is 0 Å². The van der Waals surface area contributed by atoms with E-state index in [1.54, 1.807) is 18.2 Å². The van der Waals surface area contributed by atoms with Gasteiger partial charge in [0.15, 0.2) is 0 Å². The van der Waals surface area contributed by atoms with Gasteiger partial charge >= 0.3 is 0 Å². The molecular weight excluding hydrogens is 294 g/mol. The third kappa shape index (κ3) is 3.03. The molecule has 0 amide bonds. The maximum absolute atomic E-state index is 11.8. The molecule has 64 valence electrons. The number of hydrogen-bond acceptors (Lipinski definition) is 0. The summed E-state index contributed by atoms with van der Waals surface area (Å²) in [6, 6.07) is 5.02. The van der Waals surface area contributed by atoms with Crippen molar-refractivity contribution in [1.82, 2.24) is 0 Å². The summed E-state index contributed by atoms with van der Waals surface area (Å²) in [7, 11) is 0. The van der Waals surface area contributed by atoms with Gasteiger partial charge in [0.2, 0.25) is 0 Å². The second-order valence-electron chi connectivity index (χ2n) is 2.14. The Morgan fingerprint density at radius 2 is 1.58 bits per heavy atom. The first-order chi connectivity index (χ1) is 5.58. The zero-order chi connectivity index (χ0) is 9.14. The topological polar surface area (TPSA) is 0 Å². The van der Waals surface area contributed by atoms with Crippen LogP contribution in [-0.4, -0.2) is 0 Å². The summed E-state index contributed by atoms with van der Waals surface area (Å²) >= 11 is 6.40. The first kappa shape index (κ1) is 9.86. The van der Waals surface area contributed by atoms with Crippen molar-refractivity contribution in [1.29, 1.82) is 0 Å². The van der Waals surface area contributed by atoms with Crippen LogP contribution in [0.15, 0.2) is 33.2 Å². The Morgan fingerprint density at radius 3 is 2.00 bits per heavy atom. The highest BCUT2D eigenvalue weighted by Gasteiger charge is 1.96. The van der Waals surface area contributed by atoms with Crippen molar-refractivity contribution in [2.75, 3.05) is 0 Å². The second-order valence-corrected chi connectivity index (χ2v) is 3.97. The molecule has 0 spiro atoms. The molecule has 0 fully saturated rings. The molecule has 0 saturated carbocycles. The summed E-state index contributed by atoms with van der Waals surface area (Å²) < 4.78 is 25.2. The van der Waals surface area contributed by atoms with E-state index in [-0.39, 0.29) is 0 Å². The van der Waals surface area contributed by atoms with Crippen LogP contribution in [0.25, 0.3) is 6.08 Å². The molecule has 0 radical (unpaired) electrons. The normalized spacial score (nSPS) is 9.67. The van der Waals surface area contributed by atoms with E-state index in [0.29, 0.717) is 5.56 Å². The van der Waals surface area contributed by atoms with Gasteiger partial charge in [-0.25, -0.2) is 0 Å². The van der Waals surface area contributed by atoms with E-state index in [0.717, 1.165) is 15.0 Å². The fraction of sp³-hybridized carbons (Fsp3) is 0. The average Bonchev–Trinajstić information content (AvgIpc) is 1.81. The van der Waals surface area contributed by atoms with Crippen LogP contribution in [0.3, 0.4) is 0 Å². The summed E-state index contributed by atoms with van der Waals surface area (Å²) in [5, 5.41) is 0. The highest BCUT2D eigenvalue weighted by Crippen LogP contribution is 2.21. The van der Waals surface area contributed by atoms with Crippen LogP contribution in [-0.2, 0) is 0 Å². The largest absolute Gasteiger partial charge is 0.270 e. The predicted molar refractivity (Wildman–Crippen MR) is 52.0 cm³/mol. The van der Waals surface area contributed by atoms with Crippen LogP contribution in [0.1, 0.15) is 5.56 Å². The highest BCUT2D eigenvalue weighted by molar-refractivity contribution is 9.11. The quantitative estimate of drug-likeness (QED) is 0.718. The van der Waals surface area contributed by atoms with Crippen LogP contribution >= 0.6 is 31.9 Å². The maximum Gasteiger partial charge on any atom is 0.270 e. The van der Waals surface area contributed by atoms with Crippen molar-refractivity contribution in [3.05, 3.63) is 38.8 Å². The molecule has 0 aliphatic carbocycles. The van der Waals surface area contributed by atoms with Crippen LogP contribution in [0.4, 0.5) is 8.78 Å². The Balaban J connectivity index is 3.09. The summed E-state index contributed by atoms with van der Waals surface area (Å²) in [5.41, 5.74) is 0.469. The standard InChI is InChI=1S/C8H4Br2F2/c9-6-1-5(3-8(11)12)2-7(10)4-6/h1-4H. The summed E-state index contributed by atoms with van der Waals surface area (Å²) in [6.45, 7) is 0. The fourth-order valence-electron chi connectivity index (χ4n) is 0.784. The lowest BCUT2D eigenvalue weighted by Crippen LogP contribution is -1.74. The van der Waals surface area contributed by atoms with E-state index >= 15 is 0 Å². The molecule has 0 aliphatic heterocycles. The van der Waals surface area contributed by atoms with Crippen molar-refractivity contribution >= 4 is 37.9 Å². The molecule has 1 aromatic rings. The summed E-state index contributed by atoms with van der Waals surface area (Å²) in [6.07, 6.45) is -0.879. The van der Waals surface area contributed by atoms with Crippen LogP contribution < -0.4 is 0 Å². The van der Waals surface area contributed by atoms with Gasteiger partial charge in [0.1, 0.15) is 0 Å². The van der Waals surface area contributed by atoms with Gasteiger partial charge in [0.25, 0.3) is 6.08 Å². The first-order valence-corrected chi connectivity index (χ1v) is 4.65. The molecule has 0 heterocycles. The second kappa shape index (κ2) is 4.14. The summed E-state index contributed by atoms with van der Waals surface area (Å²) in [4.78, 5) is 0. The fourth-order valence-corrected chi connectivity index (χ4v) is 2.11. The van der Waals surface area contributed by atoms with Gasteiger partial charge in [-0.05, 0) is 23.8 Å². The molecule has 1 rings (SSSR count). The predicted octanol–water partition coefficient (Wildman–Crippen LogP) is 4.45. The smallest absolute Gasteiger partial charge is 0.173 e. The molecule has 0 atom stereocenters. The lowest BCUT2D eigenvalue weighted by Gasteiger charge is -1.96. The monoisotopic (exact) mass is 296 g/mol. The molecule has 0 saturated heterocycles. The zero-order valence-corrected chi connectivity index (χ0v) is 8.99. The van der Waals surface area contributed by atoms with E-state index < -0.39 is 6.08 Å². The molecule has 1 aromatic carbocycles. The van der Waals surface area contributed by atoms with Crippen molar-refractivity contribution in [3.8, 4) is 0 Å². The van der Waals surface area contributed by atoms with E-state index in [2.05, 4.69) is 31.9 Å². The van der Waals surface area contributed by atoms with Crippen molar-refractivity contribution in [2.45, 2.75) is 0 Å².